The zero-order valence-electron chi connectivity index (χ0n) is 16.3. The molecule has 0 atom stereocenters. The summed E-state index contributed by atoms with van der Waals surface area (Å²) in [5.41, 5.74) is 0.554. The van der Waals surface area contributed by atoms with E-state index in [-0.39, 0.29) is 34.1 Å². The molecule has 0 radical (unpaired) electrons. The lowest BCUT2D eigenvalue weighted by Crippen LogP contribution is -2.37. The van der Waals surface area contributed by atoms with Crippen molar-refractivity contribution < 1.29 is 38.5 Å². The Morgan fingerprint density at radius 2 is 1.63 bits per heavy atom. The molecule has 0 bridgehead atoms. The molecule has 2 N–H and O–H groups in total. The van der Waals surface area contributed by atoms with Crippen LogP contribution in [0.1, 0.15) is 20.7 Å². The number of carbonyl (C=O) groups is 4. The quantitative estimate of drug-likeness (QED) is 0.653. The van der Waals surface area contributed by atoms with Crippen LogP contribution in [0.4, 0.5) is 11.4 Å². The fourth-order valence-corrected chi connectivity index (χ4v) is 3.11. The van der Waals surface area contributed by atoms with E-state index in [1.165, 1.54) is 51.7 Å². The molecule has 0 unspecified atom stereocenters. The van der Waals surface area contributed by atoms with E-state index in [4.69, 9.17) is 19.3 Å². The number of hydrogen-bond donors (Lipinski definition) is 2. The summed E-state index contributed by atoms with van der Waals surface area (Å²) >= 11 is 0. The van der Waals surface area contributed by atoms with E-state index in [0.717, 1.165) is 4.90 Å². The average Bonchev–Trinajstić information content (AvgIpc) is 2.97. The van der Waals surface area contributed by atoms with Gasteiger partial charge in [0.15, 0.2) is 11.5 Å². The number of carbonyl (C=O) groups excluding carboxylic acids is 3. The minimum atomic E-state index is -1.09. The number of nitrogens with zero attached hydrogens (tertiary/aromatic N) is 1. The van der Waals surface area contributed by atoms with Crippen molar-refractivity contribution in [2.75, 3.05) is 38.1 Å². The minimum Gasteiger partial charge on any atom is -0.493 e. The van der Waals surface area contributed by atoms with Crippen LogP contribution < -0.4 is 24.4 Å². The van der Waals surface area contributed by atoms with Gasteiger partial charge in [-0.05, 0) is 24.3 Å². The number of ketones is 1. The third-order valence-corrected chi connectivity index (χ3v) is 4.48. The molecule has 10 nitrogen and oxygen atoms in total. The first-order valence-corrected chi connectivity index (χ1v) is 8.64. The van der Waals surface area contributed by atoms with E-state index >= 15 is 0 Å². The van der Waals surface area contributed by atoms with Crippen molar-refractivity contribution in [3.05, 3.63) is 41.5 Å². The highest BCUT2D eigenvalue weighted by atomic mass is 16.5. The number of ether oxygens (including phenoxy) is 3. The predicted molar refractivity (Wildman–Crippen MR) is 105 cm³/mol. The van der Waals surface area contributed by atoms with Crippen LogP contribution in [0, 0.1) is 0 Å². The fourth-order valence-electron chi connectivity index (χ4n) is 3.11. The highest BCUT2D eigenvalue weighted by molar-refractivity contribution is 6.53. The number of methoxy groups -OCH3 is 3. The molecule has 0 aliphatic carbocycles. The topological polar surface area (TPSA) is 131 Å². The van der Waals surface area contributed by atoms with Gasteiger partial charge in [-0.1, -0.05) is 0 Å². The number of benzene rings is 2. The largest absolute Gasteiger partial charge is 0.493 e. The number of nitrogens with one attached hydrogen (secondary N) is 1. The lowest BCUT2D eigenvalue weighted by molar-refractivity contribution is -0.118. The second kappa shape index (κ2) is 8.11. The zero-order valence-corrected chi connectivity index (χ0v) is 16.3. The summed E-state index contributed by atoms with van der Waals surface area (Å²) in [5.74, 6) is -2.98. The number of carboxylic acids is 1. The molecule has 0 fully saturated rings. The third-order valence-electron chi connectivity index (χ3n) is 4.48. The van der Waals surface area contributed by atoms with Gasteiger partial charge < -0.3 is 24.6 Å². The first-order valence-electron chi connectivity index (χ1n) is 8.64. The first-order chi connectivity index (χ1) is 14.3. The van der Waals surface area contributed by atoms with Crippen LogP contribution in [0.15, 0.2) is 30.3 Å². The number of hydrogen-bond acceptors (Lipinski definition) is 7. The van der Waals surface area contributed by atoms with Crippen LogP contribution in [-0.4, -0.2) is 56.5 Å². The van der Waals surface area contributed by atoms with Crippen molar-refractivity contribution in [3.8, 4) is 17.2 Å². The Morgan fingerprint density at radius 3 is 2.17 bits per heavy atom. The number of anilines is 2. The Bertz CT molecular complexity index is 1050. The number of aromatic carboxylic acids is 1. The summed E-state index contributed by atoms with van der Waals surface area (Å²) in [6.07, 6.45) is 0. The van der Waals surface area contributed by atoms with Gasteiger partial charge >= 0.3 is 5.97 Å². The zero-order chi connectivity index (χ0) is 22.0. The van der Waals surface area contributed by atoms with E-state index < -0.39 is 30.1 Å². The van der Waals surface area contributed by atoms with E-state index in [1.807, 2.05) is 0 Å². The summed E-state index contributed by atoms with van der Waals surface area (Å²) in [6, 6.07) is 6.93. The SMILES string of the molecule is COc1cc2c(c(OC)c1OC)C(=O)C(=O)N2CC(=O)Nc1ccc(C(=O)O)cc1. The first kappa shape index (κ1) is 20.6. The molecule has 0 aromatic heterocycles. The number of Topliss-reactive ketones (excluding diaryl/α,β-unsaturated/α-hetero) is 1. The van der Waals surface area contributed by atoms with Crippen LogP contribution in [0.25, 0.3) is 0 Å². The standard InChI is InChI=1S/C20H18N2O8/c1-28-13-8-12-15(18(30-3)17(13)29-2)16(24)19(25)22(12)9-14(23)21-11-6-4-10(5-7-11)20(26)27/h4-8H,9H2,1-3H3,(H,21,23)(H,26,27). The van der Waals surface area contributed by atoms with Crippen LogP contribution in [0.3, 0.4) is 0 Å². The molecule has 10 heteroatoms. The highest BCUT2D eigenvalue weighted by Crippen LogP contribution is 2.47. The van der Waals surface area contributed by atoms with E-state index in [2.05, 4.69) is 5.32 Å². The van der Waals surface area contributed by atoms with Gasteiger partial charge in [0.25, 0.3) is 11.7 Å². The van der Waals surface area contributed by atoms with Crippen LogP contribution >= 0.6 is 0 Å². The Balaban J connectivity index is 1.89. The Kier molecular flexibility index (Phi) is 5.58. The predicted octanol–water partition coefficient (Wildman–Crippen LogP) is 1.58. The maximum Gasteiger partial charge on any atom is 0.335 e. The maximum absolute atomic E-state index is 12.5. The normalized spacial score (nSPS) is 12.4. The second-order valence-corrected chi connectivity index (χ2v) is 6.19. The van der Waals surface area contributed by atoms with E-state index in [0.29, 0.717) is 5.69 Å². The van der Waals surface area contributed by atoms with Gasteiger partial charge in [-0.25, -0.2) is 4.79 Å². The molecule has 1 heterocycles. The molecule has 30 heavy (non-hydrogen) atoms. The molecule has 3 rings (SSSR count). The molecule has 1 aliphatic rings. The molecule has 2 amide bonds. The van der Waals surface area contributed by atoms with Crippen LogP contribution in [0.2, 0.25) is 0 Å². The molecular formula is C20H18N2O8. The number of fused-ring (bicyclic) bond motifs is 1. The highest BCUT2D eigenvalue weighted by Gasteiger charge is 2.42. The van der Waals surface area contributed by atoms with Crippen molar-refractivity contribution in [2.45, 2.75) is 0 Å². The maximum atomic E-state index is 12.5. The van der Waals surface area contributed by atoms with Crippen LogP contribution in [0.5, 0.6) is 17.2 Å². The van der Waals surface area contributed by atoms with Crippen molar-refractivity contribution in [1.29, 1.82) is 0 Å². The van der Waals surface area contributed by atoms with Gasteiger partial charge in [-0.2, -0.15) is 0 Å². The molecule has 0 spiro atoms. The molecule has 156 valence electrons. The molecule has 1 aliphatic heterocycles. The molecule has 2 aromatic rings. The molecular weight excluding hydrogens is 396 g/mol. The second-order valence-electron chi connectivity index (χ2n) is 6.19. The van der Waals surface area contributed by atoms with Crippen molar-refractivity contribution >= 4 is 34.9 Å². The number of rotatable bonds is 7. The third kappa shape index (κ3) is 3.50. The Morgan fingerprint density at radius 1 is 1.00 bits per heavy atom. The lowest BCUT2D eigenvalue weighted by atomic mass is 10.1. The van der Waals surface area contributed by atoms with Gasteiger partial charge in [-0.3, -0.25) is 19.3 Å². The number of carboxylic acid groups (broad SMARTS) is 1. The van der Waals surface area contributed by atoms with Crippen molar-refractivity contribution in [1.82, 2.24) is 0 Å². The Hall–Kier alpha value is -4.08. The van der Waals surface area contributed by atoms with Gasteiger partial charge in [0.2, 0.25) is 11.7 Å². The monoisotopic (exact) mass is 414 g/mol. The Labute approximate surface area is 170 Å². The summed E-state index contributed by atoms with van der Waals surface area (Å²) < 4.78 is 15.8. The van der Waals surface area contributed by atoms with Gasteiger partial charge in [0.05, 0.1) is 38.1 Å². The molecule has 2 aromatic carbocycles. The smallest absolute Gasteiger partial charge is 0.335 e. The fraction of sp³-hybridized carbons (Fsp3) is 0.200. The molecule has 0 saturated heterocycles. The summed E-state index contributed by atoms with van der Waals surface area (Å²) in [4.78, 5) is 49.5. The van der Waals surface area contributed by atoms with Crippen molar-refractivity contribution in [2.24, 2.45) is 0 Å². The van der Waals surface area contributed by atoms with Crippen LogP contribution in [-0.2, 0) is 9.59 Å². The van der Waals surface area contributed by atoms with E-state index in [9.17, 15) is 19.2 Å². The summed E-state index contributed by atoms with van der Waals surface area (Å²) in [5, 5.41) is 11.5. The number of amides is 2. The average molecular weight is 414 g/mol. The summed E-state index contributed by atoms with van der Waals surface area (Å²) in [7, 11) is 4.08. The van der Waals surface area contributed by atoms with Gasteiger partial charge in [-0.15, -0.1) is 0 Å². The van der Waals surface area contributed by atoms with Gasteiger partial charge in [0, 0.05) is 11.8 Å². The van der Waals surface area contributed by atoms with Gasteiger partial charge in [0.1, 0.15) is 6.54 Å². The van der Waals surface area contributed by atoms with Crippen molar-refractivity contribution in [3.63, 3.8) is 0 Å². The molecule has 0 saturated carbocycles. The minimum absolute atomic E-state index is 0.0150. The summed E-state index contributed by atoms with van der Waals surface area (Å²) in [6.45, 7) is -0.448. The lowest BCUT2D eigenvalue weighted by Gasteiger charge is -2.19. The van der Waals surface area contributed by atoms with E-state index in [1.54, 1.807) is 0 Å².